The Bertz CT molecular complexity index is 924. The number of carbonyl (C=O) groups excluding carboxylic acids is 2. The first-order valence-electron chi connectivity index (χ1n) is 9.46. The zero-order valence-electron chi connectivity index (χ0n) is 18.2. The van der Waals surface area contributed by atoms with Crippen LogP contribution in [0.5, 0.6) is 28.7 Å². The molecule has 0 bridgehead atoms. The van der Waals surface area contributed by atoms with Crippen LogP contribution in [0, 0.1) is 0 Å². The highest BCUT2D eigenvalue weighted by atomic mass is 16.6. The van der Waals surface area contributed by atoms with Crippen LogP contribution in [0.3, 0.4) is 0 Å². The summed E-state index contributed by atoms with van der Waals surface area (Å²) >= 11 is 0. The Hall–Kier alpha value is -3.68. The van der Waals surface area contributed by atoms with Crippen molar-refractivity contribution in [3.63, 3.8) is 0 Å². The Kier molecular flexibility index (Phi) is 8.75. The molecule has 2 aromatic rings. The van der Waals surface area contributed by atoms with E-state index in [2.05, 4.69) is 0 Å². The molecule has 0 atom stereocenters. The van der Waals surface area contributed by atoms with E-state index in [1.54, 1.807) is 43.3 Å². The highest BCUT2D eigenvalue weighted by Crippen LogP contribution is 2.38. The average molecular weight is 430 g/mol. The molecule has 8 nitrogen and oxygen atoms in total. The molecule has 0 aliphatic rings. The molecule has 0 aliphatic heterocycles. The van der Waals surface area contributed by atoms with Gasteiger partial charge in [-0.05, 0) is 42.8 Å². The van der Waals surface area contributed by atoms with Crippen molar-refractivity contribution in [3.05, 3.63) is 47.5 Å². The molecule has 0 heterocycles. The maximum Gasteiger partial charge on any atom is 0.344 e. The summed E-state index contributed by atoms with van der Waals surface area (Å²) in [5.41, 5.74) is 1.05. The average Bonchev–Trinajstić information content (AvgIpc) is 2.80. The molecular formula is C23H26O8. The first-order valence-corrected chi connectivity index (χ1v) is 9.46. The molecule has 0 radical (unpaired) electrons. The number of carbonyl (C=O) groups is 2. The van der Waals surface area contributed by atoms with Crippen molar-refractivity contribution >= 4 is 17.8 Å². The molecule has 31 heavy (non-hydrogen) atoms. The number of hydrogen-bond acceptors (Lipinski definition) is 8. The van der Waals surface area contributed by atoms with Gasteiger partial charge in [0, 0.05) is 5.56 Å². The van der Waals surface area contributed by atoms with Crippen LogP contribution in [-0.4, -0.2) is 53.4 Å². The van der Waals surface area contributed by atoms with Crippen molar-refractivity contribution in [1.29, 1.82) is 0 Å². The maximum atomic E-state index is 12.7. The summed E-state index contributed by atoms with van der Waals surface area (Å²) in [4.78, 5) is 24.2. The van der Waals surface area contributed by atoms with E-state index < -0.39 is 5.97 Å². The summed E-state index contributed by atoms with van der Waals surface area (Å²) in [5.74, 6) is 1.25. The van der Waals surface area contributed by atoms with Gasteiger partial charge in [-0.3, -0.25) is 4.79 Å². The first kappa shape index (κ1) is 23.6. The normalized spacial score (nSPS) is 10.5. The number of ether oxygens (including phenoxy) is 6. The van der Waals surface area contributed by atoms with E-state index >= 15 is 0 Å². The Labute approximate surface area is 181 Å². The molecule has 0 amide bonds. The van der Waals surface area contributed by atoms with Gasteiger partial charge in [0.25, 0.3) is 0 Å². The molecule has 8 heteroatoms. The van der Waals surface area contributed by atoms with E-state index in [0.29, 0.717) is 39.9 Å². The van der Waals surface area contributed by atoms with Gasteiger partial charge in [0.05, 0.1) is 35.0 Å². The van der Waals surface area contributed by atoms with E-state index in [1.807, 2.05) is 0 Å². The van der Waals surface area contributed by atoms with Gasteiger partial charge in [-0.1, -0.05) is 12.1 Å². The lowest BCUT2D eigenvalue weighted by Crippen LogP contribution is -2.14. The summed E-state index contributed by atoms with van der Waals surface area (Å²) in [6, 6.07) is 8.27. The molecule has 0 aromatic heterocycles. The predicted octanol–water partition coefficient (Wildman–Crippen LogP) is 3.56. The third kappa shape index (κ3) is 6.15. The highest BCUT2D eigenvalue weighted by molar-refractivity contribution is 6.07. The van der Waals surface area contributed by atoms with Crippen molar-refractivity contribution in [2.75, 3.05) is 41.7 Å². The van der Waals surface area contributed by atoms with Gasteiger partial charge >= 0.3 is 5.97 Å². The van der Waals surface area contributed by atoms with Gasteiger partial charge < -0.3 is 28.4 Å². The van der Waals surface area contributed by atoms with Crippen LogP contribution in [-0.2, 0) is 9.53 Å². The third-order valence-corrected chi connectivity index (χ3v) is 4.21. The molecule has 0 spiro atoms. The quantitative estimate of drug-likeness (QED) is 0.304. The topological polar surface area (TPSA) is 89.5 Å². The Balaban J connectivity index is 2.24. The minimum atomic E-state index is -0.483. The first-order chi connectivity index (χ1) is 15.0. The Morgan fingerprint density at radius 3 is 2.03 bits per heavy atom. The lowest BCUT2D eigenvalue weighted by Gasteiger charge is -2.13. The Morgan fingerprint density at radius 1 is 0.839 bits per heavy atom. The number of allylic oxidation sites excluding steroid dienone is 1. The minimum Gasteiger partial charge on any atom is -0.493 e. The summed E-state index contributed by atoms with van der Waals surface area (Å²) in [7, 11) is 5.95. The zero-order chi connectivity index (χ0) is 22.8. The molecule has 0 saturated carbocycles. The maximum absolute atomic E-state index is 12.7. The second kappa shape index (κ2) is 11.5. The van der Waals surface area contributed by atoms with Crippen molar-refractivity contribution in [2.24, 2.45) is 0 Å². The molecule has 2 aromatic carbocycles. The summed E-state index contributed by atoms with van der Waals surface area (Å²) in [5, 5.41) is 0. The fourth-order valence-electron chi connectivity index (χ4n) is 2.74. The summed E-state index contributed by atoms with van der Waals surface area (Å²) in [6.07, 6.45) is 3.04. The highest BCUT2D eigenvalue weighted by Gasteiger charge is 2.16. The molecule has 0 fully saturated rings. The van der Waals surface area contributed by atoms with Gasteiger partial charge in [0.2, 0.25) is 5.75 Å². The zero-order valence-corrected chi connectivity index (χ0v) is 18.2. The van der Waals surface area contributed by atoms with Gasteiger partial charge in [0.15, 0.2) is 35.4 Å². The van der Waals surface area contributed by atoms with Crippen LogP contribution in [0.2, 0.25) is 0 Å². The fraction of sp³-hybridized carbons (Fsp3) is 0.304. The number of rotatable bonds is 11. The van der Waals surface area contributed by atoms with Crippen LogP contribution in [0.25, 0.3) is 6.08 Å². The van der Waals surface area contributed by atoms with E-state index in [4.69, 9.17) is 28.4 Å². The van der Waals surface area contributed by atoms with Crippen LogP contribution in [0.15, 0.2) is 36.4 Å². The standard InChI is InChI=1S/C23H26O8/c1-6-30-22(25)14-31-19-11-15(8-10-18(19)26-2)7-9-17(24)16-12-20(27-3)23(29-5)21(13-16)28-4/h7-13H,6,14H2,1-5H3/b9-7+. The number of methoxy groups -OCH3 is 4. The van der Waals surface area contributed by atoms with Crippen molar-refractivity contribution in [3.8, 4) is 28.7 Å². The van der Waals surface area contributed by atoms with Crippen LogP contribution in [0.1, 0.15) is 22.8 Å². The second-order valence-corrected chi connectivity index (χ2v) is 6.12. The lowest BCUT2D eigenvalue weighted by atomic mass is 10.1. The van der Waals surface area contributed by atoms with Gasteiger partial charge in [0.1, 0.15) is 0 Å². The smallest absolute Gasteiger partial charge is 0.344 e. The molecule has 0 saturated heterocycles. The van der Waals surface area contributed by atoms with E-state index in [9.17, 15) is 9.59 Å². The summed E-state index contributed by atoms with van der Waals surface area (Å²) < 4.78 is 31.5. The molecule has 0 unspecified atom stereocenters. The number of ketones is 1. The van der Waals surface area contributed by atoms with Gasteiger partial charge in [-0.2, -0.15) is 0 Å². The van der Waals surface area contributed by atoms with Gasteiger partial charge in [-0.15, -0.1) is 0 Å². The predicted molar refractivity (Wildman–Crippen MR) is 115 cm³/mol. The van der Waals surface area contributed by atoms with Crippen LogP contribution in [0.4, 0.5) is 0 Å². The molecule has 166 valence electrons. The van der Waals surface area contributed by atoms with E-state index in [1.165, 1.54) is 34.5 Å². The monoisotopic (exact) mass is 430 g/mol. The van der Waals surface area contributed by atoms with Crippen molar-refractivity contribution in [2.45, 2.75) is 6.92 Å². The molecular weight excluding hydrogens is 404 g/mol. The van der Waals surface area contributed by atoms with E-state index in [0.717, 1.165) is 0 Å². The minimum absolute atomic E-state index is 0.248. The van der Waals surface area contributed by atoms with Crippen molar-refractivity contribution < 1.29 is 38.0 Å². The number of esters is 1. The van der Waals surface area contributed by atoms with Crippen LogP contribution < -0.4 is 23.7 Å². The summed E-state index contributed by atoms with van der Waals surface area (Å²) in [6.45, 7) is 1.74. The Morgan fingerprint density at radius 2 is 1.48 bits per heavy atom. The molecule has 0 N–H and O–H groups in total. The fourth-order valence-corrected chi connectivity index (χ4v) is 2.74. The number of hydrogen-bond donors (Lipinski definition) is 0. The molecule has 2 rings (SSSR count). The van der Waals surface area contributed by atoms with Crippen molar-refractivity contribution in [1.82, 2.24) is 0 Å². The van der Waals surface area contributed by atoms with Gasteiger partial charge in [-0.25, -0.2) is 4.79 Å². The molecule has 0 aliphatic carbocycles. The largest absolute Gasteiger partial charge is 0.493 e. The third-order valence-electron chi connectivity index (χ3n) is 4.21. The second-order valence-electron chi connectivity index (χ2n) is 6.12. The number of benzene rings is 2. The SMILES string of the molecule is CCOC(=O)COc1cc(/C=C/C(=O)c2cc(OC)c(OC)c(OC)c2)ccc1OC. The van der Waals surface area contributed by atoms with Crippen LogP contribution >= 0.6 is 0 Å². The lowest BCUT2D eigenvalue weighted by molar-refractivity contribution is -0.145. The van der Waals surface area contributed by atoms with E-state index in [-0.39, 0.29) is 19.0 Å².